The zero-order valence-electron chi connectivity index (χ0n) is 18.9. The third kappa shape index (κ3) is 5.20. The molecule has 3 aromatic carbocycles. The minimum Gasteiger partial charge on any atom is -0.490 e. The van der Waals surface area contributed by atoms with Gasteiger partial charge in [-0.2, -0.15) is 9.49 Å². The summed E-state index contributed by atoms with van der Waals surface area (Å²) in [6.45, 7) is 6.74. The zero-order chi connectivity index (χ0) is 23.4. The summed E-state index contributed by atoms with van der Waals surface area (Å²) in [6, 6.07) is 21.6. The van der Waals surface area contributed by atoms with Crippen molar-refractivity contribution in [2.45, 2.75) is 27.3 Å². The van der Waals surface area contributed by atoms with Gasteiger partial charge in [0.15, 0.2) is 0 Å². The van der Waals surface area contributed by atoms with Crippen LogP contribution in [0.25, 0.3) is 22.4 Å². The fourth-order valence-corrected chi connectivity index (χ4v) is 3.85. The first-order valence-corrected chi connectivity index (χ1v) is 11.3. The van der Waals surface area contributed by atoms with Gasteiger partial charge in [0.2, 0.25) is 11.7 Å². The number of hydrogen-bond acceptors (Lipinski definition) is 3. The summed E-state index contributed by atoms with van der Waals surface area (Å²) in [5.74, 6) is 0.207. The van der Waals surface area contributed by atoms with Crippen molar-refractivity contribution in [3.63, 3.8) is 0 Å². The highest BCUT2D eigenvalue weighted by Crippen LogP contribution is 2.32. The van der Waals surface area contributed by atoms with Crippen LogP contribution in [0.4, 0.5) is 4.39 Å². The Balaban J connectivity index is 1.49. The quantitative estimate of drug-likeness (QED) is 0.279. The fourth-order valence-electron chi connectivity index (χ4n) is 3.61. The Kier molecular flexibility index (Phi) is 6.99. The number of aryl methyl sites for hydroxylation is 2. The lowest BCUT2D eigenvalue weighted by Gasteiger charge is -2.11. The van der Waals surface area contributed by atoms with E-state index in [1.807, 2.05) is 56.3 Å². The molecule has 0 saturated carbocycles. The summed E-state index contributed by atoms with van der Waals surface area (Å²) < 4.78 is 28.0. The molecule has 170 valence electrons. The van der Waals surface area contributed by atoms with Gasteiger partial charge < -0.3 is 9.47 Å². The largest absolute Gasteiger partial charge is 0.490 e. The molecule has 0 aliphatic heterocycles. The molecular weight excluding hydrogens is 439 g/mol. The molecule has 0 atom stereocenters. The molecule has 0 amide bonds. The first-order valence-electron chi connectivity index (χ1n) is 10.9. The van der Waals surface area contributed by atoms with Gasteiger partial charge in [-0.3, -0.25) is 0 Å². The van der Waals surface area contributed by atoms with Crippen molar-refractivity contribution in [3.8, 4) is 34.0 Å². The molecule has 0 aliphatic carbocycles. The molecule has 0 unspecified atom stereocenters. The summed E-state index contributed by atoms with van der Waals surface area (Å²) in [6.07, 6.45) is 0. The van der Waals surface area contributed by atoms with Gasteiger partial charge in [-0.15, -0.1) is 0 Å². The number of halogens is 2. The Hall–Kier alpha value is -3.31. The van der Waals surface area contributed by atoms with E-state index >= 15 is 4.39 Å². The van der Waals surface area contributed by atoms with E-state index < -0.39 is 5.82 Å². The number of nitrogens with zero attached hydrogens (tertiary/aromatic N) is 2. The topological polar surface area (TPSA) is 36.3 Å². The second kappa shape index (κ2) is 10.1. The highest BCUT2D eigenvalue weighted by Gasteiger charge is 2.21. The van der Waals surface area contributed by atoms with Crippen LogP contribution in [0.2, 0.25) is 5.02 Å². The summed E-state index contributed by atoms with van der Waals surface area (Å²) in [5.41, 5.74) is 5.32. The maximum Gasteiger partial charge on any atom is 0.249 e. The molecule has 0 bridgehead atoms. The fraction of sp³-hybridized carbons (Fsp3) is 0.222. The van der Waals surface area contributed by atoms with Crippen LogP contribution in [-0.2, 0) is 6.54 Å². The van der Waals surface area contributed by atoms with Crippen LogP contribution in [0.3, 0.4) is 0 Å². The van der Waals surface area contributed by atoms with Crippen molar-refractivity contribution in [2.75, 3.05) is 13.2 Å². The van der Waals surface area contributed by atoms with Gasteiger partial charge in [0, 0.05) is 5.56 Å². The number of benzene rings is 3. The second-order valence-electron chi connectivity index (χ2n) is 7.85. The molecule has 1 heterocycles. The lowest BCUT2D eigenvalue weighted by molar-refractivity contribution is 0.253. The summed E-state index contributed by atoms with van der Waals surface area (Å²) >= 11 is 6.47. The number of aromatic nitrogens is 2. The average Bonchev–Trinajstić information content (AvgIpc) is 3.11. The molecule has 6 heteroatoms. The third-order valence-corrected chi connectivity index (χ3v) is 5.60. The molecule has 0 aliphatic rings. The molecule has 0 radical (unpaired) electrons. The lowest BCUT2D eigenvalue weighted by atomic mass is 10.0. The molecule has 4 aromatic rings. The molecule has 0 N–H and O–H groups in total. The minimum atomic E-state index is -0.470. The van der Waals surface area contributed by atoms with E-state index in [-0.39, 0.29) is 18.2 Å². The van der Waals surface area contributed by atoms with E-state index in [9.17, 15) is 0 Å². The number of hydrogen-bond donors (Lipinski definition) is 0. The van der Waals surface area contributed by atoms with E-state index in [0.717, 1.165) is 16.7 Å². The monoisotopic (exact) mass is 464 g/mol. The lowest BCUT2D eigenvalue weighted by Crippen LogP contribution is -2.12. The van der Waals surface area contributed by atoms with Crippen molar-refractivity contribution in [3.05, 3.63) is 88.7 Å². The highest BCUT2D eigenvalue weighted by atomic mass is 35.5. The van der Waals surface area contributed by atoms with Gasteiger partial charge in [0.25, 0.3) is 0 Å². The van der Waals surface area contributed by atoms with Gasteiger partial charge in [0.1, 0.15) is 18.1 Å². The van der Waals surface area contributed by atoms with E-state index in [1.165, 1.54) is 10.2 Å². The highest BCUT2D eigenvalue weighted by molar-refractivity contribution is 6.32. The van der Waals surface area contributed by atoms with Crippen molar-refractivity contribution >= 4 is 11.6 Å². The van der Waals surface area contributed by atoms with Crippen molar-refractivity contribution in [1.82, 2.24) is 9.78 Å². The Labute approximate surface area is 198 Å². The van der Waals surface area contributed by atoms with E-state index in [1.54, 1.807) is 0 Å². The van der Waals surface area contributed by atoms with Crippen molar-refractivity contribution in [2.24, 2.45) is 0 Å². The van der Waals surface area contributed by atoms with Gasteiger partial charge in [-0.25, -0.2) is 4.68 Å². The predicted octanol–water partition coefficient (Wildman–Crippen LogP) is 7.10. The molecular formula is C27H26ClFN2O2. The zero-order valence-corrected chi connectivity index (χ0v) is 19.7. The SMILES string of the molecule is CCOc1c(F)c(-c2cccc(C)c2)nn1CCOc1ccc(-c2ccc(C)cc2)cc1Cl. The van der Waals surface area contributed by atoms with E-state index in [0.29, 0.717) is 29.5 Å². The Morgan fingerprint density at radius 2 is 1.64 bits per heavy atom. The van der Waals surface area contributed by atoms with Gasteiger partial charge in [0.05, 0.1) is 18.2 Å². The first-order chi connectivity index (χ1) is 16.0. The summed E-state index contributed by atoms with van der Waals surface area (Å²) in [5, 5.41) is 4.98. The van der Waals surface area contributed by atoms with Crippen molar-refractivity contribution < 1.29 is 13.9 Å². The van der Waals surface area contributed by atoms with Gasteiger partial charge >= 0.3 is 0 Å². The molecule has 4 rings (SSSR count). The average molecular weight is 465 g/mol. The van der Waals surface area contributed by atoms with Crippen LogP contribution in [-0.4, -0.2) is 23.0 Å². The van der Waals surface area contributed by atoms with Crippen LogP contribution in [0.1, 0.15) is 18.1 Å². The van der Waals surface area contributed by atoms with Crippen LogP contribution in [0.5, 0.6) is 11.6 Å². The van der Waals surface area contributed by atoms with Crippen molar-refractivity contribution in [1.29, 1.82) is 0 Å². The number of rotatable bonds is 8. The maximum absolute atomic E-state index is 15.1. The van der Waals surface area contributed by atoms with Crippen LogP contribution in [0, 0.1) is 19.7 Å². The van der Waals surface area contributed by atoms with Gasteiger partial charge in [-0.1, -0.05) is 71.3 Å². The van der Waals surface area contributed by atoms with Crippen LogP contribution >= 0.6 is 11.6 Å². The van der Waals surface area contributed by atoms with E-state index in [4.69, 9.17) is 21.1 Å². The van der Waals surface area contributed by atoms with E-state index in [2.05, 4.69) is 36.3 Å². The smallest absolute Gasteiger partial charge is 0.249 e. The second-order valence-corrected chi connectivity index (χ2v) is 8.26. The Morgan fingerprint density at radius 3 is 2.33 bits per heavy atom. The Bertz CT molecular complexity index is 1250. The first kappa shape index (κ1) is 22.9. The normalized spacial score (nSPS) is 10.9. The predicted molar refractivity (Wildman–Crippen MR) is 131 cm³/mol. The standard InChI is InChI=1S/C27H26ClFN2O2/c1-4-32-27-25(29)26(22-7-5-6-19(3)16-22)30-31(27)14-15-33-24-13-12-21(17-23(24)28)20-10-8-18(2)9-11-20/h5-13,16-17H,4,14-15H2,1-3H3. The van der Waals surface area contributed by atoms with Crippen LogP contribution < -0.4 is 9.47 Å². The molecule has 0 spiro atoms. The molecule has 1 aromatic heterocycles. The Morgan fingerprint density at radius 1 is 0.879 bits per heavy atom. The third-order valence-electron chi connectivity index (χ3n) is 5.30. The summed E-state index contributed by atoms with van der Waals surface area (Å²) in [4.78, 5) is 0. The molecule has 33 heavy (non-hydrogen) atoms. The molecule has 0 fully saturated rings. The summed E-state index contributed by atoms with van der Waals surface area (Å²) in [7, 11) is 0. The number of ether oxygens (including phenoxy) is 2. The van der Waals surface area contributed by atoms with Crippen LogP contribution in [0.15, 0.2) is 66.7 Å². The molecule has 4 nitrogen and oxygen atoms in total. The molecule has 0 saturated heterocycles. The van der Waals surface area contributed by atoms with Gasteiger partial charge in [-0.05, 0) is 50.1 Å². The minimum absolute atomic E-state index is 0.110. The maximum atomic E-state index is 15.1.